The lowest BCUT2D eigenvalue weighted by atomic mass is 10.2. The number of halogens is 4. The van der Waals surface area contributed by atoms with E-state index in [-0.39, 0.29) is 47.7 Å². The lowest BCUT2D eigenvalue weighted by molar-refractivity contribution is -0.0498. The van der Waals surface area contributed by atoms with Crippen LogP contribution < -0.4 is 10.5 Å². The normalized spacial score (nSPS) is 11.5. The molecule has 0 aliphatic carbocycles. The van der Waals surface area contributed by atoms with Gasteiger partial charge in [0.25, 0.3) is 0 Å². The summed E-state index contributed by atoms with van der Waals surface area (Å²) in [6, 6.07) is 12.4. The Balaban J connectivity index is 0.00000338. The molecule has 2 aromatic carbocycles. The molecule has 0 saturated carbocycles. The van der Waals surface area contributed by atoms with Gasteiger partial charge in [0.05, 0.1) is 9.92 Å². The summed E-state index contributed by atoms with van der Waals surface area (Å²) >= 11 is 5.86. The van der Waals surface area contributed by atoms with E-state index in [2.05, 4.69) is 4.74 Å². The van der Waals surface area contributed by atoms with Crippen molar-refractivity contribution in [2.75, 3.05) is 13.1 Å². The largest absolute Gasteiger partial charge is 0.433 e. The molecule has 2 N–H and O–H groups in total. The lowest BCUT2D eigenvalue weighted by Gasteiger charge is -2.22. The van der Waals surface area contributed by atoms with Gasteiger partial charge in [-0.1, -0.05) is 41.9 Å². The molecule has 0 fully saturated rings. The van der Waals surface area contributed by atoms with Crippen molar-refractivity contribution in [3.8, 4) is 5.75 Å². The molecule has 0 unspecified atom stereocenters. The second-order valence-electron chi connectivity index (χ2n) is 5.08. The first-order chi connectivity index (χ1) is 11.8. The number of hydrogen-bond acceptors (Lipinski definition) is 4. The predicted molar refractivity (Wildman–Crippen MR) is 98.4 cm³/mol. The Morgan fingerprint density at radius 2 is 1.81 bits per heavy atom. The van der Waals surface area contributed by atoms with Crippen LogP contribution in [0, 0.1) is 0 Å². The van der Waals surface area contributed by atoms with Crippen molar-refractivity contribution in [1.82, 2.24) is 4.31 Å². The molecule has 144 valence electrons. The van der Waals surface area contributed by atoms with Gasteiger partial charge >= 0.3 is 6.61 Å². The van der Waals surface area contributed by atoms with E-state index < -0.39 is 16.6 Å². The highest BCUT2D eigenvalue weighted by Crippen LogP contribution is 2.30. The van der Waals surface area contributed by atoms with Crippen LogP contribution in [0.2, 0.25) is 5.02 Å². The molecule has 0 radical (unpaired) electrons. The Hall–Kier alpha value is -1.45. The number of hydrogen-bond donors (Lipinski definition) is 1. The van der Waals surface area contributed by atoms with Crippen molar-refractivity contribution in [2.45, 2.75) is 18.1 Å². The van der Waals surface area contributed by atoms with E-state index in [0.717, 1.165) is 17.7 Å². The Bertz CT molecular complexity index is 808. The molecule has 0 bridgehead atoms. The standard InChI is InChI=1S/C16H17ClF2N2O3S.ClH/c17-14-10-13(6-7-15(14)24-16(18)19)25(22,23)21(9-8-20)11-12-4-2-1-3-5-12;/h1-7,10,16H,8-9,11,20H2;1H. The number of benzene rings is 2. The molecular formula is C16H18Cl2F2N2O3S. The van der Waals surface area contributed by atoms with E-state index in [1.54, 1.807) is 24.3 Å². The number of nitrogens with zero attached hydrogens (tertiary/aromatic N) is 1. The van der Waals surface area contributed by atoms with Crippen molar-refractivity contribution in [1.29, 1.82) is 0 Å². The molecule has 5 nitrogen and oxygen atoms in total. The number of sulfonamides is 1. The third kappa shape index (κ3) is 5.78. The van der Waals surface area contributed by atoms with Crippen LogP contribution in [0.3, 0.4) is 0 Å². The molecule has 10 heteroatoms. The van der Waals surface area contributed by atoms with Gasteiger partial charge in [0.15, 0.2) is 0 Å². The van der Waals surface area contributed by atoms with Gasteiger partial charge in [-0.05, 0) is 23.8 Å². The second kappa shape index (κ2) is 10.0. The fraction of sp³-hybridized carbons (Fsp3) is 0.250. The maximum Gasteiger partial charge on any atom is 0.387 e. The quantitative estimate of drug-likeness (QED) is 0.700. The van der Waals surface area contributed by atoms with E-state index >= 15 is 0 Å². The van der Waals surface area contributed by atoms with Gasteiger partial charge in [-0.2, -0.15) is 13.1 Å². The summed E-state index contributed by atoms with van der Waals surface area (Å²) in [5, 5.41) is -0.214. The molecule has 0 saturated heterocycles. The van der Waals surface area contributed by atoms with Crippen LogP contribution in [0.4, 0.5) is 8.78 Å². The predicted octanol–water partition coefficient (Wildman–Crippen LogP) is 3.51. The zero-order valence-electron chi connectivity index (χ0n) is 13.5. The van der Waals surface area contributed by atoms with Gasteiger partial charge in [-0.25, -0.2) is 8.42 Å². The maximum atomic E-state index is 12.8. The Kier molecular flexibility index (Phi) is 8.72. The third-order valence-corrected chi connectivity index (χ3v) is 5.47. The van der Waals surface area contributed by atoms with Crippen LogP contribution in [0.25, 0.3) is 0 Å². The molecule has 2 rings (SSSR count). The average molecular weight is 427 g/mol. The van der Waals surface area contributed by atoms with Crippen LogP contribution >= 0.6 is 24.0 Å². The van der Waals surface area contributed by atoms with Crippen molar-refractivity contribution in [3.05, 3.63) is 59.1 Å². The first-order valence-electron chi connectivity index (χ1n) is 7.33. The van der Waals surface area contributed by atoms with Crippen LogP contribution in [-0.4, -0.2) is 32.4 Å². The van der Waals surface area contributed by atoms with E-state index in [9.17, 15) is 17.2 Å². The smallest absolute Gasteiger partial charge is 0.387 e. The topological polar surface area (TPSA) is 72.6 Å². The number of alkyl halides is 2. The third-order valence-electron chi connectivity index (χ3n) is 3.34. The van der Waals surface area contributed by atoms with Gasteiger partial charge in [-0.3, -0.25) is 0 Å². The molecule has 0 spiro atoms. The van der Waals surface area contributed by atoms with Gasteiger partial charge in [0, 0.05) is 19.6 Å². The summed E-state index contributed by atoms with van der Waals surface area (Å²) in [6.07, 6.45) is 0. The van der Waals surface area contributed by atoms with Crippen molar-refractivity contribution in [2.24, 2.45) is 5.73 Å². The van der Waals surface area contributed by atoms with Crippen LogP contribution in [-0.2, 0) is 16.6 Å². The molecule has 0 aliphatic heterocycles. The summed E-state index contributed by atoms with van der Waals surface area (Å²) < 4.78 is 55.7. The molecule has 0 amide bonds. The summed E-state index contributed by atoms with van der Waals surface area (Å²) in [7, 11) is -3.90. The molecule has 2 aromatic rings. The lowest BCUT2D eigenvalue weighted by Crippen LogP contribution is -2.34. The second-order valence-corrected chi connectivity index (χ2v) is 7.43. The Morgan fingerprint density at radius 3 is 2.35 bits per heavy atom. The average Bonchev–Trinajstić information content (AvgIpc) is 2.57. The fourth-order valence-corrected chi connectivity index (χ4v) is 3.96. The van der Waals surface area contributed by atoms with Crippen molar-refractivity contribution in [3.63, 3.8) is 0 Å². The maximum absolute atomic E-state index is 12.8. The SMILES string of the molecule is Cl.NCCN(Cc1ccccc1)S(=O)(=O)c1ccc(OC(F)F)c(Cl)c1. The first kappa shape index (κ1) is 22.6. The molecule has 0 heterocycles. The molecule has 26 heavy (non-hydrogen) atoms. The highest BCUT2D eigenvalue weighted by atomic mass is 35.5. The zero-order valence-corrected chi connectivity index (χ0v) is 15.9. The first-order valence-corrected chi connectivity index (χ1v) is 9.15. The Labute approximate surface area is 162 Å². The monoisotopic (exact) mass is 426 g/mol. The van der Waals surface area contributed by atoms with Crippen LogP contribution in [0.1, 0.15) is 5.56 Å². The summed E-state index contributed by atoms with van der Waals surface area (Å²) in [5.74, 6) is -0.288. The number of nitrogens with two attached hydrogens (primary N) is 1. The summed E-state index contributed by atoms with van der Waals surface area (Å²) in [5.41, 5.74) is 6.33. The minimum atomic E-state index is -3.90. The summed E-state index contributed by atoms with van der Waals surface area (Å²) in [4.78, 5) is -0.122. The molecule has 0 aliphatic rings. The minimum Gasteiger partial charge on any atom is -0.433 e. The summed E-state index contributed by atoms with van der Waals surface area (Å²) in [6.45, 7) is -2.68. The number of rotatable bonds is 8. The van der Waals surface area contributed by atoms with Crippen LogP contribution in [0.15, 0.2) is 53.4 Å². The van der Waals surface area contributed by atoms with Crippen molar-refractivity contribution >= 4 is 34.0 Å². The molecule has 0 aromatic heterocycles. The van der Waals surface area contributed by atoms with Gasteiger partial charge in [0.2, 0.25) is 10.0 Å². The van der Waals surface area contributed by atoms with E-state index in [1.165, 1.54) is 10.4 Å². The van der Waals surface area contributed by atoms with Gasteiger partial charge in [0.1, 0.15) is 5.75 Å². The zero-order chi connectivity index (χ0) is 18.4. The molecule has 0 atom stereocenters. The highest BCUT2D eigenvalue weighted by Gasteiger charge is 2.25. The molecular weight excluding hydrogens is 409 g/mol. The Morgan fingerprint density at radius 1 is 1.15 bits per heavy atom. The minimum absolute atomic E-state index is 0. The van der Waals surface area contributed by atoms with E-state index in [4.69, 9.17) is 17.3 Å². The van der Waals surface area contributed by atoms with E-state index in [1.807, 2.05) is 6.07 Å². The number of ether oxygens (including phenoxy) is 1. The fourth-order valence-electron chi connectivity index (χ4n) is 2.20. The van der Waals surface area contributed by atoms with E-state index in [0.29, 0.717) is 0 Å². The van der Waals surface area contributed by atoms with Gasteiger partial charge < -0.3 is 10.5 Å². The van der Waals surface area contributed by atoms with Crippen molar-refractivity contribution < 1.29 is 21.9 Å². The highest BCUT2D eigenvalue weighted by molar-refractivity contribution is 7.89. The van der Waals surface area contributed by atoms with Crippen LogP contribution in [0.5, 0.6) is 5.75 Å². The van der Waals surface area contributed by atoms with Gasteiger partial charge in [-0.15, -0.1) is 12.4 Å².